The van der Waals surface area contributed by atoms with Crippen LogP contribution in [0.15, 0.2) is 45.7 Å². The molecule has 0 radical (unpaired) electrons. The minimum absolute atomic E-state index is 0.0619. The lowest BCUT2D eigenvalue weighted by Gasteiger charge is -2.60. The minimum atomic E-state index is -1.48. The summed E-state index contributed by atoms with van der Waals surface area (Å²) in [7, 11) is 0. The minimum Gasteiger partial charge on any atom is -0.431 e. The van der Waals surface area contributed by atoms with Gasteiger partial charge in [-0.25, -0.2) is 11.6 Å². The number of fused-ring (bicyclic) bond motifs is 7. The van der Waals surface area contributed by atoms with Crippen molar-refractivity contribution < 1.29 is 19.4 Å². The van der Waals surface area contributed by atoms with Crippen LogP contribution < -0.4 is 0 Å². The van der Waals surface area contributed by atoms with Crippen LogP contribution in [0.2, 0.25) is 0 Å². The number of nitrogens with zero attached hydrogens (tertiary/aromatic N) is 4. The number of aliphatic hydroxyl groups excluding tert-OH is 1. The number of hydrogen-bond acceptors (Lipinski definition) is 7. The van der Waals surface area contributed by atoms with Gasteiger partial charge in [-0.05, 0) is 85.5 Å². The molecule has 0 saturated heterocycles. The van der Waals surface area contributed by atoms with Crippen LogP contribution in [-0.4, -0.2) is 54.8 Å². The van der Waals surface area contributed by atoms with Gasteiger partial charge in [0, 0.05) is 5.41 Å². The summed E-state index contributed by atoms with van der Waals surface area (Å²) in [5.74, 6) is 0.348. The lowest BCUT2D eigenvalue weighted by molar-refractivity contribution is -0.177. The summed E-state index contributed by atoms with van der Waals surface area (Å²) in [5, 5.41) is 28.9. The van der Waals surface area contributed by atoms with Crippen LogP contribution in [0.5, 0.6) is 0 Å². The molecule has 0 amide bonds. The van der Waals surface area contributed by atoms with Crippen molar-refractivity contribution in [3.05, 3.63) is 58.7 Å². The van der Waals surface area contributed by atoms with E-state index in [4.69, 9.17) is 11.0 Å². The van der Waals surface area contributed by atoms with E-state index in [0.29, 0.717) is 36.7 Å². The first-order valence-corrected chi connectivity index (χ1v) is 15.7. The predicted octanol–water partition coefficient (Wildman–Crippen LogP) is 5.19. The highest BCUT2D eigenvalue weighted by Crippen LogP contribution is 2.67. The summed E-state index contributed by atoms with van der Waals surface area (Å²) in [5.41, 5.74) is 2.71. The Labute approximate surface area is 244 Å². The van der Waals surface area contributed by atoms with Crippen LogP contribution in [0.1, 0.15) is 57.2 Å². The molecule has 9 heteroatoms. The van der Waals surface area contributed by atoms with Crippen molar-refractivity contribution in [1.82, 2.24) is 14.8 Å². The Bertz CT molecular complexity index is 1570. The number of thioether (sulfide) groups is 1. The second kappa shape index (κ2) is 9.55. The van der Waals surface area contributed by atoms with Crippen molar-refractivity contribution in [1.29, 1.82) is 0 Å². The number of oxazole rings is 1. The summed E-state index contributed by atoms with van der Waals surface area (Å²) in [6.07, 6.45) is 7.90. The number of benzene rings is 1. The molecule has 4 aliphatic rings. The normalized spacial score (nSPS) is 35.6. The van der Waals surface area contributed by atoms with Gasteiger partial charge in [-0.1, -0.05) is 43.3 Å². The molecule has 5 unspecified atom stereocenters. The van der Waals surface area contributed by atoms with Crippen LogP contribution in [-0.2, 0) is 17.8 Å². The van der Waals surface area contributed by atoms with Gasteiger partial charge < -0.3 is 19.5 Å². The first-order valence-electron chi connectivity index (χ1n) is 14.7. The maximum atomic E-state index is 13.7. The van der Waals surface area contributed by atoms with E-state index in [1.807, 2.05) is 42.1 Å². The molecule has 8 nitrogen and oxygen atoms in total. The zero-order chi connectivity index (χ0) is 28.6. The van der Waals surface area contributed by atoms with E-state index in [0.717, 1.165) is 36.9 Å². The molecule has 2 heterocycles. The first kappa shape index (κ1) is 26.9. The fourth-order valence-electron chi connectivity index (χ4n) is 9.18. The third-order valence-corrected chi connectivity index (χ3v) is 12.0. The summed E-state index contributed by atoms with van der Waals surface area (Å²) >= 11 is 1.23. The molecule has 3 fully saturated rings. The van der Waals surface area contributed by atoms with Crippen molar-refractivity contribution in [2.45, 2.75) is 75.8 Å². The zero-order valence-electron chi connectivity index (χ0n) is 23.5. The molecular weight excluding hydrogens is 536 g/mol. The Morgan fingerprint density at radius 1 is 1.29 bits per heavy atom. The van der Waals surface area contributed by atoms with Gasteiger partial charge in [-0.3, -0.25) is 9.48 Å². The second-order valence-corrected chi connectivity index (χ2v) is 13.9. The topological polar surface area (TPSA) is 106 Å². The molecule has 0 aliphatic heterocycles. The molecule has 7 atom stereocenters. The Morgan fingerprint density at radius 2 is 2.12 bits per heavy atom. The summed E-state index contributed by atoms with van der Waals surface area (Å²) < 4.78 is 7.74. The number of Topliss-reactive ketones (excluding diaryl/α,β-unsaturated/α-hetero) is 1. The van der Waals surface area contributed by atoms with E-state index in [2.05, 4.69) is 27.9 Å². The number of aromatic nitrogens is 3. The monoisotopic (exact) mass is 572 g/mol. The van der Waals surface area contributed by atoms with Crippen LogP contribution in [0.4, 0.5) is 0 Å². The third kappa shape index (κ3) is 3.90. The number of hydrogen-bond donors (Lipinski definition) is 2. The fourth-order valence-corrected chi connectivity index (χ4v) is 9.99. The maximum Gasteiger partial charge on any atom is 0.257 e. The lowest BCUT2D eigenvalue weighted by Crippen LogP contribution is -2.62. The quantitative estimate of drug-likeness (QED) is 0.309. The standard InChI is InChI=1S/C32H36N4O4S/c1-30-15-19-17-34-36(13-12-33-3)24(19)14-20(30)8-9-21-22-10-11-32(39,31(22,2)16-25(37)28(21)30)27(38)18-41-29-35-23-6-4-5-7-26(23)40-29/h4-7,14,17,21-22,25,28,37,39H,8-13,15-16,18H2,1-2H3/t21?,22?,25-,28?,30?,31?,32-/m0/s1. The van der Waals surface area contributed by atoms with Crippen molar-refractivity contribution in [2.75, 3.05) is 12.3 Å². The Kier molecular flexibility index (Phi) is 6.27. The Balaban J connectivity index is 1.13. The highest BCUT2D eigenvalue weighted by molar-refractivity contribution is 7.99. The molecule has 7 rings (SSSR count). The fraction of sp³-hybridized carbons (Fsp3) is 0.562. The average Bonchev–Trinajstić information content (AvgIpc) is 3.62. The second-order valence-electron chi connectivity index (χ2n) is 13.0. The molecule has 2 aromatic heterocycles. The van der Waals surface area contributed by atoms with Crippen molar-refractivity contribution >= 4 is 34.7 Å². The molecule has 41 heavy (non-hydrogen) atoms. The van der Waals surface area contributed by atoms with Gasteiger partial charge in [-0.2, -0.15) is 5.10 Å². The summed E-state index contributed by atoms with van der Waals surface area (Å²) in [4.78, 5) is 21.7. The van der Waals surface area contributed by atoms with Gasteiger partial charge in [0.05, 0.1) is 23.7 Å². The molecular formula is C32H36N4O4S. The van der Waals surface area contributed by atoms with Crippen LogP contribution >= 0.6 is 11.8 Å². The number of ketones is 1. The first-order chi connectivity index (χ1) is 19.7. The van der Waals surface area contributed by atoms with E-state index in [1.165, 1.54) is 22.9 Å². The summed E-state index contributed by atoms with van der Waals surface area (Å²) in [6, 6.07) is 7.51. The largest absolute Gasteiger partial charge is 0.431 e. The zero-order valence-corrected chi connectivity index (χ0v) is 24.4. The van der Waals surface area contributed by atoms with E-state index >= 15 is 0 Å². The Hall–Kier alpha value is -2.93. The van der Waals surface area contributed by atoms with Crippen molar-refractivity contribution in [3.8, 4) is 0 Å². The van der Waals surface area contributed by atoms with Gasteiger partial charge in [0.15, 0.2) is 11.4 Å². The molecule has 4 aliphatic carbocycles. The van der Waals surface area contributed by atoms with Crippen LogP contribution in [0.3, 0.4) is 0 Å². The molecule has 0 spiro atoms. The van der Waals surface area contributed by atoms with Crippen LogP contribution in [0, 0.1) is 35.2 Å². The highest BCUT2D eigenvalue weighted by Gasteiger charge is 2.68. The highest BCUT2D eigenvalue weighted by atomic mass is 32.2. The van der Waals surface area contributed by atoms with Crippen molar-refractivity contribution in [3.63, 3.8) is 0 Å². The predicted molar refractivity (Wildman–Crippen MR) is 156 cm³/mol. The molecule has 2 N–H and O–H groups in total. The molecule has 3 aromatic rings. The maximum absolute atomic E-state index is 13.7. The van der Waals surface area contributed by atoms with Crippen molar-refractivity contribution in [2.24, 2.45) is 28.6 Å². The molecule has 214 valence electrons. The third-order valence-electron chi connectivity index (χ3n) is 11.1. The van der Waals surface area contributed by atoms with Gasteiger partial charge >= 0.3 is 0 Å². The van der Waals surface area contributed by atoms with Crippen LogP contribution in [0.25, 0.3) is 22.0 Å². The van der Waals surface area contributed by atoms with E-state index in [1.54, 1.807) is 0 Å². The SMILES string of the molecule is [C-]#[N+]CCn1ncc2c1C=C1CCC3C([C@@H](O)CC4(C)C3CC[C@]4(O)C(=O)CSc3nc4ccccc4o3)C1(C)C2. The number of aliphatic hydroxyl groups is 2. The number of carbonyl (C=O) groups excluding carboxylic acids is 1. The number of carbonyl (C=O) groups is 1. The molecule has 1 aromatic carbocycles. The van der Waals surface area contributed by atoms with E-state index < -0.39 is 17.1 Å². The number of allylic oxidation sites excluding steroid dienone is 1. The molecule has 3 saturated carbocycles. The smallest absolute Gasteiger partial charge is 0.257 e. The van der Waals surface area contributed by atoms with E-state index in [-0.39, 0.29) is 34.7 Å². The van der Waals surface area contributed by atoms with Gasteiger partial charge in [0.1, 0.15) is 17.7 Å². The number of para-hydroxylation sites is 2. The number of rotatable bonds is 6. The average molecular weight is 573 g/mol. The summed E-state index contributed by atoms with van der Waals surface area (Å²) in [6.45, 7) is 12.5. The van der Waals surface area contributed by atoms with Gasteiger partial charge in [0.25, 0.3) is 5.22 Å². The Morgan fingerprint density at radius 3 is 2.93 bits per heavy atom. The lowest BCUT2D eigenvalue weighted by atomic mass is 9.45. The van der Waals surface area contributed by atoms with Gasteiger partial charge in [0.2, 0.25) is 6.54 Å². The van der Waals surface area contributed by atoms with E-state index in [9.17, 15) is 15.0 Å². The van der Waals surface area contributed by atoms with Gasteiger partial charge in [-0.15, -0.1) is 0 Å². The molecule has 0 bridgehead atoms.